The number of non-ortho nitro benzene ring substituents is 1. The zero-order valence-electron chi connectivity index (χ0n) is 25.2. The molecular formula is C31H25BrN4O10S. The van der Waals surface area contributed by atoms with Crippen molar-refractivity contribution in [1.82, 2.24) is 4.57 Å². The first kappa shape index (κ1) is 33.0. The Hall–Kier alpha value is -5.35. The molecule has 0 N–H and O–H groups in total. The minimum Gasteiger partial charge on any atom is -0.493 e. The van der Waals surface area contributed by atoms with Crippen molar-refractivity contribution in [2.75, 3.05) is 20.8 Å². The summed E-state index contributed by atoms with van der Waals surface area (Å²) < 4.78 is 24.3. The lowest BCUT2D eigenvalue weighted by Crippen LogP contribution is -2.40. The number of fused-ring (bicyclic) bond motifs is 1. The van der Waals surface area contributed by atoms with Gasteiger partial charge in [0.05, 0.1) is 58.6 Å². The molecule has 0 saturated carbocycles. The largest absolute Gasteiger partial charge is 0.493 e. The Morgan fingerprint density at radius 1 is 1.02 bits per heavy atom. The Kier molecular flexibility index (Phi) is 9.53. The van der Waals surface area contributed by atoms with Crippen LogP contribution in [0.4, 0.5) is 11.4 Å². The van der Waals surface area contributed by atoms with Gasteiger partial charge in [-0.2, -0.15) is 0 Å². The first-order chi connectivity index (χ1) is 22.5. The summed E-state index contributed by atoms with van der Waals surface area (Å²) in [6.45, 7) is 3.49. The number of hydrogen-bond acceptors (Lipinski definition) is 12. The Bertz CT molecular complexity index is 2140. The molecule has 0 saturated heterocycles. The highest BCUT2D eigenvalue weighted by molar-refractivity contribution is 9.10. The molecule has 0 fully saturated rings. The molecule has 0 unspecified atom stereocenters. The Morgan fingerprint density at radius 3 is 2.32 bits per heavy atom. The summed E-state index contributed by atoms with van der Waals surface area (Å²) in [7, 11) is 2.98. The lowest BCUT2D eigenvalue weighted by Gasteiger charge is -2.26. The monoisotopic (exact) mass is 724 g/mol. The smallest absolute Gasteiger partial charge is 0.338 e. The van der Waals surface area contributed by atoms with Crippen LogP contribution in [0.5, 0.6) is 23.0 Å². The van der Waals surface area contributed by atoms with E-state index >= 15 is 0 Å². The summed E-state index contributed by atoms with van der Waals surface area (Å²) in [6, 6.07) is 11.9. The van der Waals surface area contributed by atoms with E-state index in [1.54, 1.807) is 56.3 Å². The summed E-state index contributed by atoms with van der Waals surface area (Å²) >= 11 is 4.71. The average Bonchev–Trinajstić information content (AvgIpc) is 3.34. The number of benzene rings is 3. The molecule has 0 spiro atoms. The van der Waals surface area contributed by atoms with E-state index in [9.17, 15) is 29.8 Å². The number of esters is 1. The van der Waals surface area contributed by atoms with Gasteiger partial charge in [0, 0.05) is 10.5 Å². The number of methoxy groups -OCH3 is 2. The van der Waals surface area contributed by atoms with E-state index in [0.717, 1.165) is 29.5 Å². The minimum atomic E-state index is -0.908. The Balaban J connectivity index is 1.57. The van der Waals surface area contributed by atoms with Crippen LogP contribution in [-0.4, -0.2) is 41.2 Å². The molecule has 1 atom stereocenters. The summed E-state index contributed by atoms with van der Waals surface area (Å²) in [5, 5.41) is 22.5. The van der Waals surface area contributed by atoms with Crippen LogP contribution < -0.4 is 29.1 Å². The summed E-state index contributed by atoms with van der Waals surface area (Å²) in [6.07, 6.45) is 1.64. The lowest BCUT2D eigenvalue weighted by atomic mass is 9.95. The number of ether oxygens (including phenoxy) is 4. The number of hydrogen-bond donors (Lipinski definition) is 0. The predicted octanol–water partition coefficient (Wildman–Crippen LogP) is 5.19. The van der Waals surface area contributed by atoms with E-state index in [4.69, 9.17) is 18.9 Å². The maximum absolute atomic E-state index is 14.0. The Morgan fingerprint density at radius 2 is 1.70 bits per heavy atom. The number of halogens is 1. The van der Waals surface area contributed by atoms with E-state index in [1.807, 2.05) is 0 Å². The quantitative estimate of drug-likeness (QED) is 0.120. The molecule has 0 radical (unpaired) electrons. The normalized spacial score (nSPS) is 14.2. The number of carbonyl (C=O) groups is 1. The maximum atomic E-state index is 14.0. The molecule has 3 aromatic carbocycles. The van der Waals surface area contributed by atoms with Crippen LogP contribution >= 0.6 is 27.3 Å². The number of nitrogens with zero attached hydrogens (tertiary/aromatic N) is 4. The first-order valence-corrected chi connectivity index (χ1v) is 15.4. The van der Waals surface area contributed by atoms with Crippen LogP contribution in [0.2, 0.25) is 0 Å². The zero-order valence-corrected chi connectivity index (χ0v) is 27.6. The highest BCUT2D eigenvalue weighted by Crippen LogP contribution is 2.41. The van der Waals surface area contributed by atoms with Crippen molar-refractivity contribution < 1.29 is 33.6 Å². The van der Waals surface area contributed by atoms with Crippen LogP contribution in [0.1, 0.15) is 31.0 Å². The van der Waals surface area contributed by atoms with Crippen molar-refractivity contribution in [3.8, 4) is 23.0 Å². The molecule has 0 amide bonds. The SMILES string of the molecule is CCOC(=O)C1=C(C)N=c2s/c(=C\c3ccc(Oc4ccc([N+](=O)[O-])cc4[N+](=O)[O-])cc3)c(=O)n2[C@H]1c1cc(OC)c(OC)cc1Br. The predicted molar refractivity (Wildman–Crippen MR) is 174 cm³/mol. The van der Waals surface area contributed by atoms with Gasteiger partial charge >= 0.3 is 11.7 Å². The molecule has 4 aromatic rings. The lowest BCUT2D eigenvalue weighted by molar-refractivity contribution is -0.394. The summed E-state index contributed by atoms with van der Waals surface area (Å²) in [5.74, 6) is 0.291. The van der Waals surface area contributed by atoms with Gasteiger partial charge in [0.1, 0.15) is 5.75 Å². The fourth-order valence-electron chi connectivity index (χ4n) is 4.92. The van der Waals surface area contributed by atoms with Gasteiger partial charge in [0.2, 0.25) is 5.75 Å². The average molecular weight is 726 g/mol. The van der Waals surface area contributed by atoms with Gasteiger partial charge in [-0.3, -0.25) is 29.6 Å². The van der Waals surface area contributed by atoms with Gasteiger partial charge in [-0.25, -0.2) is 9.79 Å². The third-order valence-electron chi connectivity index (χ3n) is 7.07. The molecule has 2 heterocycles. The van der Waals surface area contributed by atoms with Crippen molar-refractivity contribution in [3.63, 3.8) is 0 Å². The summed E-state index contributed by atoms with van der Waals surface area (Å²) in [5.41, 5.74) is 0.339. The number of thiazole rings is 1. The first-order valence-electron chi connectivity index (χ1n) is 13.8. The topological polar surface area (TPSA) is 175 Å². The van der Waals surface area contributed by atoms with Gasteiger partial charge in [-0.15, -0.1) is 0 Å². The van der Waals surface area contributed by atoms with E-state index in [1.165, 1.54) is 18.8 Å². The molecule has 0 bridgehead atoms. The number of carbonyl (C=O) groups excluding carboxylic acids is 1. The second-order valence-corrected chi connectivity index (χ2v) is 11.7. The van der Waals surface area contributed by atoms with Crippen LogP contribution in [0.25, 0.3) is 6.08 Å². The van der Waals surface area contributed by atoms with Crippen molar-refractivity contribution >= 4 is 50.7 Å². The molecule has 242 valence electrons. The maximum Gasteiger partial charge on any atom is 0.338 e. The van der Waals surface area contributed by atoms with Crippen LogP contribution in [0.3, 0.4) is 0 Å². The van der Waals surface area contributed by atoms with E-state index < -0.39 is 38.8 Å². The van der Waals surface area contributed by atoms with Gasteiger partial charge in [0.15, 0.2) is 16.3 Å². The van der Waals surface area contributed by atoms with Gasteiger partial charge in [0.25, 0.3) is 11.2 Å². The second-order valence-electron chi connectivity index (χ2n) is 9.87. The zero-order chi connectivity index (χ0) is 34.0. The van der Waals surface area contributed by atoms with E-state index in [-0.39, 0.29) is 23.7 Å². The van der Waals surface area contributed by atoms with Crippen LogP contribution in [0, 0.1) is 20.2 Å². The highest BCUT2D eigenvalue weighted by atomic mass is 79.9. The van der Waals surface area contributed by atoms with Crippen molar-refractivity contribution in [2.45, 2.75) is 19.9 Å². The molecule has 14 nitrogen and oxygen atoms in total. The van der Waals surface area contributed by atoms with Gasteiger partial charge in [-0.05, 0) is 61.4 Å². The molecule has 5 rings (SSSR count). The molecule has 1 aliphatic heterocycles. The third-order valence-corrected chi connectivity index (χ3v) is 8.74. The molecule has 47 heavy (non-hydrogen) atoms. The van der Waals surface area contributed by atoms with Crippen LogP contribution in [-0.2, 0) is 9.53 Å². The van der Waals surface area contributed by atoms with Crippen LogP contribution in [0.15, 0.2) is 80.1 Å². The summed E-state index contributed by atoms with van der Waals surface area (Å²) in [4.78, 5) is 53.2. The Labute approximate surface area is 278 Å². The number of nitro benzene ring substituents is 2. The number of rotatable bonds is 10. The van der Waals surface area contributed by atoms with Gasteiger partial charge in [-0.1, -0.05) is 39.4 Å². The highest BCUT2D eigenvalue weighted by Gasteiger charge is 2.35. The minimum absolute atomic E-state index is 0.122. The number of aromatic nitrogens is 1. The fraction of sp³-hybridized carbons (Fsp3) is 0.194. The van der Waals surface area contributed by atoms with Crippen molar-refractivity contribution in [3.05, 3.63) is 121 Å². The molecule has 1 aromatic heterocycles. The molecule has 1 aliphatic rings. The second kappa shape index (κ2) is 13.6. The molecule has 16 heteroatoms. The third kappa shape index (κ3) is 6.50. The van der Waals surface area contributed by atoms with E-state index in [0.29, 0.717) is 42.1 Å². The van der Waals surface area contributed by atoms with Gasteiger partial charge < -0.3 is 18.9 Å². The van der Waals surface area contributed by atoms with Crippen molar-refractivity contribution in [1.29, 1.82) is 0 Å². The molecular weight excluding hydrogens is 700 g/mol. The van der Waals surface area contributed by atoms with Crippen molar-refractivity contribution in [2.24, 2.45) is 4.99 Å². The molecule has 0 aliphatic carbocycles. The van der Waals surface area contributed by atoms with E-state index in [2.05, 4.69) is 20.9 Å². The number of nitro groups is 2. The fourth-order valence-corrected chi connectivity index (χ4v) is 6.51. The number of allylic oxidation sites excluding steroid dienone is 1. The standard InChI is InChI=1S/C31H25BrN4O10S/c1-5-45-30(38)27-16(2)33-31-34(28(27)20-14-24(43-3)25(44-4)15-21(20)32)29(37)26(47-31)12-17-6-9-19(10-7-17)46-23-11-8-18(35(39)40)13-22(23)36(41)42/h6-15,28H,5H2,1-4H3/b26-12-/t28-/m0/s1.